The zero-order valence-electron chi connectivity index (χ0n) is 19.6. The molecule has 8 nitrogen and oxygen atoms in total. The summed E-state index contributed by atoms with van der Waals surface area (Å²) in [7, 11) is 0. The number of halogens is 2. The van der Waals surface area contributed by atoms with E-state index >= 15 is 0 Å². The molecule has 1 aromatic carbocycles. The predicted octanol–water partition coefficient (Wildman–Crippen LogP) is 4.34. The number of nitrogens with zero attached hydrogens (tertiary/aromatic N) is 5. The molecule has 0 atom stereocenters. The number of rotatable bonds is 5. The lowest BCUT2D eigenvalue weighted by Gasteiger charge is -2.27. The zero-order chi connectivity index (χ0) is 24.7. The summed E-state index contributed by atoms with van der Waals surface area (Å²) in [5, 5.41) is 6.47. The number of carbonyl (C=O) groups is 1. The molecule has 4 heterocycles. The summed E-state index contributed by atoms with van der Waals surface area (Å²) in [6.45, 7) is 7.52. The minimum Gasteiger partial charge on any atom is -0.342 e. The van der Waals surface area contributed by atoms with E-state index in [1.165, 1.54) is 6.07 Å². The van der Waals surface area contributed by atoms with Gasteiger partial charge < -0.3 is 20.1 Å². The molecule has 1 saturated heterocycles. The highest BCUT2D eigenvalue weighted by atomic mass is 19.1. The number of carbonyl (C=O) groups excluding carboxylic acids is 1. The number of amides is 1. The molecule has 1 aliphatic rings. The molecule has 1 aliphatic heterocycles. The van der Waals surface area contributed by atoms with Gasteiger partial charge in [0.15, 0.2) is 5.82 Å². The molecule has 5 rings (SSSR count). The fourth-order valence-corrected chi connectivity index (χ4v) is 4.48. The van der Waals surface area contributed by atoms with Crippen LogP contribution in [0.2, 0.25) is 0 Å². The normalized spacial score (nSPS) is 14.2. The van der Waals surface area contributed by atoms with Crippen molar-refractivity contribution in [1.82, 2.24) is 24.8 Å². The van der Waals surface area contributed by atoms with Crippen molar-refractivity contribution in [3.8, 4) is 11.3 Å². The average Bonchev–Trinajstić information content (AvgIpc) is 3.18. The second-order valence-corrected chi connectivity index (χ2v) is 8.78. The van der Waals surface area contributed by atoms with Crippen LogP contribution in [0.1, 0.15) is 25.6 Å². The summed E-state index contributed by atoms with van der Waals surface area (Å²) in [5.41, 5.74) is 2.60. The minimum absolute atomic E-state index is 0.0134. The SMILES string of the molecule is Cc1cc2c(F)cc(-c3nc(Nc4ccc(N5CCNCC5=O)cn4)ncc3F)cc2n1C(C)C. The first-order chi connectivity index (χ1) is 16.8. The Hall–Kier alpha value is -3.92. The van der Waals surface area contributed by atoms with Gasteiger partial charge in [0.05, 0.1) is 30.1 Å². The molecule has 35 heavy (non-hydrogen) atoms. The monoisotopic (exact) mass is 477 g/mol. The topological polar surface area (TPSA) is 88.0 Å². The van der Waals surface area contributed by atoms with E-state index in [4.69, 9.17) is 0 Å². The molecular weight excluding hydrogens is 452 g/mol. The maximum Gasteiger partial charge on any atom is 0.241 e. The average molecular weight is 478 g/mol. The van der Waals surface area contributed by atoms with E-state index in [1.807, 2.05) is 25.3 Å². The molecule has 0 spiro atoms. The standard InChI is InChI=1S/C25H25F2N7O/c1-14(2)34-15(3)8-18-19(26)9-16(10-21(18)34)24-20(27)12-30-25(32-24)31-22-5-4-17(11-29-22)33-7-6-28-13-23(33)35/h4-5,8-12,14,28H,6-7,13H2,1-3H3,(H,29,30,31,32). The first-order valence-corrected chi connectivity index (χ1v) is 11.4. The van der Waals surface area contributed by atoms with Crippen LogP contribution in [0.25, 0.3) is 22.2 Å². The number of aromatic nitrogens is 4. The molecule has 0 radical (unpaired) electrons. The summed E-state index contributed by atoms with van der Waals surface area (Å²) >= 11 is 0. The van der Waals surface area contributed by atoms with Crippen LogP contribution in [0, 0.1) is 18.6 Å². The predicted molar refractivity (Wildman–Crippen MR) is 131 cm³/mol. The van der Waals surface area contributed by atoms with Crippen molar-refractivity contribution < 1.29 is 13.6 Å². The smallest absolute Gasteiger partial charge is 0.241 e. The van der Waals surface area contributed by atoms with Crippen molar-refractivity contribution in [2.75, 3.05) is 29.9 Å². The van der Waals surface area contributed by atoms with E-state index in [-0.39, 0.29) is 23.6 Å². The third-order valence-electron chi connectivity index (χ3n) is 6.02. The minimum atomic E-state index is -0.658. The molecular formula is C25H25F2N7O. The van der Waals surface area contributed by atoms with Crippen LogP contribution in [0.15, 0.2) is 42.7 Å². The van der Waals surface area contributed by atoms with Crippen molar-refractivity contribution in [3.63, 3.8) is 0 Å². The lowest BCUT2D eigenvalue weighted by atomic mass is 10.1. The van der Waals surface area contributed by atoms with Gasteiger partial charge in [0, 0.05) is 35.8 Å². The van der Waals surface area contributed by atoms with Gasteiger partial charge in [0.25, 0.3) is 0 Å². The van der Waals surface area contributed by atoms with E-state index in [2.05, 4.69) is 25.6 Å². The number of nitrogens with one attached hydrogen (secondary N) is 2. The number of anilines is 3. The van der Waals surface area contributed by atoms with Gasteiger partial charge in [-0.2, -0.15) is 0 Å². The van der Waals surface area contributed by atoms with Crippen LogP contribution >= 0.6 is 0 Å². The van der Waals surface area contributed by atoms with Crippen LogP contribution in [0.5, 0.6) is 0 Å². The van der Waals surface area contributed by atoms with Gasteiger partial charge in [-0.1, -0.05) is 0 Å². The fourth-order valence-electron chi connectivity index (χ4n) is 4.48. The summed E-state index contributed by atoms with van der Waals surface area (Å²) in [4.78, 5) is 26.4. The van der Waals surface area contributed by atoms with Crippen molar-refractivity contribution >= 4 is 34.3 Å². The maximum absolute atomic E-state index is 15.0. The molecule has 10 heteroatoms. The van der Waals surface area contributed by atoms with E-state index in [1.54, 1.807) is 35.4 Å². The molecule has 0 aliphatic carbocycles. The Morgan fingerprint density at radius 2 is 1.91 bits per heavy atom. The Kier molecular flexibility index (Phi) is 5.89. The number of hydrogen-bond acceptors (Lipinski definition) is 6. The van der Waals surface area contributed by atoms with Gasteiger partial charge in [0.1, 0.15) is 17.3 Å². The van der Waals surface area contributed by atoms with E-state index in [0.29, 0.717) is 47.6 Å². The molecule has 180 valence electrons. The summed E-state index contributed by atoms with van der Waals surface area (Å²) < 4.78 is 31.7. The molecule has 1 fully saturated rings. The van der Waals surface area contributed by atoms with Crippen LogP contribution in [-0.2, 0) is 4.79 Å². The number of benzene rings is 1. The van der Waals surface area contributed by atoms with Gasteiger partial charge >= 0.3 is 0 Å². The molecule has 4 aromatic rings. The number of piperazine rings is 1. The van der Waals surface area contributed by atoms with Crippen LogP contribution in [-0.4, -0.2) is 45.1 Å². The summed E-state index contributed by atoms with van der Waals surface area (Å²) in [6.07, 6.45) is 2.63. The Morgan fingerprint density at radius 3 is 2.63 bits per heavy atom. The maximum atomic E-state index is 15.0. The van der Waals surface area contributed by atoms with Gasteiger partial charge in [-0.05, 0) is 51.1 Å². The molecule has 0 unspecified atom stereocenters. The molecule has 2 N–H and O–H groups in total. The van der Waals surface area contributed by atoms with Gasteiger partial charge in [0.2, 0.25) is 11.9 Å². The number of hydrogen-bond donors (Lipinski definition) is 2. The van der Waals surface area contributed by atoms with Crippen LogP contribution in [0.4, 0.5) is 26.2 Å². The van der Waals surface area contributed by atoms with Crippen molar-refractivity contribution in [3.05, 3.63) is 60.1 Å². The van der Waals surface area contributed by atoms with Gasteiger partial charge in [-0.15, -0.1) is 0 Å². The third-order valence-corrected chi connectivity index (χ3v) is 6.02. The van der Waals surface area contributed by atoms with Crippen molar-refractivity contribution in [2.24, 2.45) is 0 Å². The first kappa shape index (κ1) is 22.9. The van der Waals surface area contributed by atoms with Crippen molar-refractivity contribution in [2.45, 2.75) is 26.8 Å². The Balaban J connectivity index is 1.45. The molecule has 0 saturated carbocycles. The Labute approximate surface area is 201 Å². The summed E-state index contributed by atoms with van der Waals surface area (Å²) in [5.74, 6) is -0.564. The Bertz CT molecular complexity index is 1420. The van der Waals surface area contributed by atoms with Gasteiger partial charge in [-0.25, -0.2) is 23.7 Å². The lowest BCUT2D eigenvalue weighted by molar-refractivity contribution is -0.118. The fraction of sp³-hybridized carbons (Fsp3) is 0.280. The van der Waals surface area contributed by atoms with Crippen LogP contribution in [0.3, 0.4) is 0 Å². The van der Waals surface area contributed by atoms with Crippen LogP contribution < -0.4 is 15.5 Å². The summed E-state index contributed by atoms with van der Waals surface area (Å²) in [6, 6.07) is 8.41. The third kappa shape index (κ3) is 4.32. The van der Waals surface area contributed by atoms with Gasteiger partial charge in [-0.3, -0.25) is 4.79 Å². The molecule has 3 aromatic heterocycles. The molecule has 0 bridgehead atoms. The second-order valence-electron chi connectivity index (χ2n) is 8.78. The number of aryl methyl sites for hydroxylation is 1. The lowest BCUT2D eigenvalue weighted by Crippen LogP contribution is -2.48. The zero-order valence-corrected chi connectivity index (χ0v) is 19.6. The first-order valence-electron chi connectivity index (χ1n) is 11.4. The highest BCUT2D eigenvalue weighted by molar-refractivity contribution is 5.95. The largest absolute Gasteiger partial charge is 0.342 e. The highest BCUT2D eigenvalue weighted by Crippen LogP contribution is 2.32. The van der Waals surface area contributed by atoms with E-state index in [9.17, 15) is 13.6 Å². The number of pyridine rings is 1. The second kappa shape index (κ2) is 9.03. The Morgan fingerprint density at radius 1 is 1.09 bits per heavy atom. The molecule has 1 amide bonds. The number of fused-ring (bicyclic) bond motifs is 1. The highest BCUT2D eigenvalue weighted by Gasteiger charge is 2.20. The van der Waals surface area contributed by atoms with Crippen molar-refractivity contribution in [1.29, 1.82) is 0 Å². The van der Waals surface area contributed by atoms with E-state index in [0.717, 1.165) is 11.9 Å². The van der Waals surface area contributed by atoms with E-state index < -0.39 is 11.6 Å². The quantitative estimate of drug-likeness (QED) is 0.445.